The van der Waals surface area contributed by atoms with E-state index in [4.69, 9.17) is 9.84 Å². The van der Waals surface area contributed by atoms with Gasteiger partial charge in [-0.1, -0.05) is 0 Å². The number of morpholine rings is 1. The van der Waals surface area contributed by atoms with Crippen molar-refractivity contribution in [2.24, 2.45) is 0 Å². The minimum atomic E-state index is -0.575. The zero-order valence-corrected chi connectivity index (χ0v) is 4.05. The average Bonchev–Trinajstić information content (AvgIpc) is 1.69. The number of aliphatic hydroxyl groups is 1. The van der Waals surface area contributed by atoms with Crippen LogP contribution in [0.2, 0.25) is 0 Å². The summed E-state index contributed by atoms with van der Waals surface area (Å²) in [5.41, 5.74) is 0. The van der Waals surface area contributed by atoms with Crippen molar-refractivity contribution >= 4 is 0 Å². The summed E-state index contributed by atoms with van der Waals surface area (Å²) in [6.45, 7) is 2.05. The first-order chi connectivity index (χ1) is 3.39. The van der Waals surface area contributed by atoms with E-state index < -0.39 is 6.29 Å². The van der Waals surface area contributed by atoms with E-state index in [2.05, 4.69) is 5.32 Å². The van der Waals surface area contributed by atoms with Gasteiger partial charge in [0.15, 0.2) is 6.29 Å². The Bertz CT molecular complexity index is 51.7. The highest BCUT2D eigenvalue weighted by Gasteiger charge is 2.06. The summed E-state index contributed by atoms with van der Waals surface area (Å²) in [7, 11) is 0. The SMILES string of the molecule is O[C@@H]1CNCCO1. The van der Waals surface area contributed by atoms with Crippen LogP contribution in [0.4, 0.5) is 0 Å². The van der Waals surface area contributed by atoms with E-state index in [1.807, 2.05) is 0 Å². The van der Waals surface area contributed by atoms with Crippen molar-refractivity contribution in [3.8, 4) is 0 Å². The van der Waals surface area contributed by atoms with Gasteiger partial charge in [0.25, 0.3) is 0 Å². The van der Waals surface area contributed by atoms with Crippen molar-refractivity contribution in [3.63, 3.8) is 0 Å². The Morgan fingerprint density at radius 3 is 2.86 bits per heavy atom. The molecule has 0 bridgehead atoms. The van der Waals surface area contributed by atoms with Gasteiger partial charge in [-0.15, -0.1) is 0 Å². The predicted molar refractivity (Wildman–Crippen MR) is 24.8 cm³/mol. The van der Waals surface area contributed by atoms with Crippen molar-refractivity contribution in [2.45, 2.75) is 6.29 Å². The van der Waals surface area contributed by atoms with E-state index in [0.29, 0.717) is 13.2 Å². The second kappa shape index (κ2) is 2.26. The summed E-state index contributed by atoms with van der Waals surface area (Å²) >= 11 is 0. The summed E-state index contributed by atoms with van der Waals surface area (Å²) in [6.07, 6.45) is -0.575. The van der Waals surface area contributed by atoms with Crippen LogP contribution >= 0.6 is 0 Å². The van der Waals surface area contributed by atoms with Crippen molar-refractivity contribution < 1.29 is 9.84 Å². The highest BCUT2D eigenvalue weighted by atomic mass is 16.6. The molecule has 1 rings (SSSR count). The molecule has 3 heteroatoms. The maximum absolute atomic E-state index is 8.62. The highest BCUT2D eigenvalue weighted by molar-refractivity contribution is 4.54. The lowest BCUT2D eigenvalue weighted by atomic mass is 10.5. The fraction of sp³-hybridized carbons (Fsp3) is 1.00. The number of hydrogen-bond acceptors (Lipinski definition) is 3. The third kappa shape index (κ3) is 1.43. The molecule has 1 atom stereocenters. The Balaban J connectivity index is 2.12. The molecule has 0 radical (unpaired) electrons. The Hall–Kier alpha value is -0.120. The van der Waals surface area contributed by atoms with Gasteiger partial charge in [-0.3, -0.25) is 0 Å². The standard InChI is InChI=1S/C4H9NO2/c6-4-3-5-1-2-7-4/h4-6H,1-3H2/t4-/m0/s1. The van der Waals surface area contributed by atoms with Crippen LogP contribution < -0.4 is 5.32 Å². The van der Waals surface area contributed by atoms with E-state index in [9.17, 15) is 0 Å². The average molecular weight is 103 g/mol. The molecule has 0 aliphatic carbocycles. The fourth-order valence-electron chi connectivity index (χ4n) is 0.552. The molecule has 0 saturated carbocycles. The Morgan fingerprint density at radius 2 is 2.57 bits per heavy atom. The molecule has 0 aromatic heterocycles. The van der Waals surface area contributed by atoms with Gasteiger partial charge in [0, 0.05) is 13.1 Å². The van der Waals surface area contributed by atoms with Gasteiger partial charge in [-0.2, -0.15) is 0 Å². The third-order valence-electron chi connectivity index (χ3n) is 0.908. The van der Waals surface area contributed by atoms with Crippen molar-refractivity contribution in [3.05, 3.63) is 0 Å². The lowest BCUT2D eigenvalue weighted by Gasteiger charge is -2.17. The van der Waals surface area contributed by atoms with E-state index in [1.54, 1.807) is 0 Å². The lowest BCUT2D eigenvalue weighted by Crippen LogP contribution is -2.38. The molecule has 1 aliphatic rings. The molecule has 0 amide bonds. The predicted octanol–water partition coefficient (Wildman–Crippen LogP) is -1.08. The van der Waals surface area contributed by atoms with Crippen LogP contribution in [-0.4, -0.2) is 31.1 Å². The molecule has 1 aliphatic heterocycles. The van der Waals surface area contributed by atoms with Gasteiger partial charge in [0.05, 0.1) is 6.61 Å². The van der Waals surface area contributed by atoms with Gasteiger partial charge in [-0.25, -0.2) is 0 Å². The van der Waals surface area contributed by atoms with E-state index in [1.165, 1.54) is 0 Å². The van der Waals surface area contributed by atoms with Crippen molar-refractivity contribution in [1.29, 1.82) is 0 Å². The van der Waals surface area contributed by atoms with Gasteiger partial charge >= 0.3 is 0 Å². The van der Waals surface area contributed by atoms with Crippen LogP contribution in [-0.2, 0) is 4.74 Å². The smallest absolute Gasteiger partial charge is 0.167 e. The Kier molecular flexibility index (Phi) is 1.62. The van der Waals surface area contributed by atoms with Crippen LogP contribution in [0.3, 0.4) is 0 Å². The minimum absolute atomic E-state index is 0.569. The molecule has 0 unspecified atom stereocenters. The highest BCUT2D eigenvalue weighted by Crippen LogP contribution is 1.87. The second-order valence-corrected chi connectivity index (χ2v) is 1.53. The molecule has 7 heavy (non-hydrogen) atoms. The Morgan fingerprint density at radius 1 is 1.71 bits per heavy atom. The zero-order chi connectivity index (χ0) is 5.11. The van der Waals surface area contributed by atoms with Gasteiger partial charge < -0.3 is 15.2 Å². The normalized spacial score (nSPS) is 33.0. The maximum atomic E-state index is 8.62. The van der Waals surface area contributed by atoms with Gasteiger partial charge in [0.1, 0.15) is 0 Å². The first-order valence-corrected chi connectivity index (χ1v) is 2.40. The van der Waals surface area contributed by atoms with Crippen LogP contribution in [0.15, 0.2) is 0 Å². The van der Waals surface area contributed by atoms with Crippen molar-refractivity contribution in [2.75, 3.05) is 19.7 Å². The lowest BCUT2D eigenvalue weighted by molar-refractivity contribution is -0.112. The summed E-state index contributed by atoms with van der Waals surface area (Å²) in [5, 5.41) is 11.6. The second-order valence-electron chi connectivity index (χ2n) is 1.53. The number of hydrogen-bond donors (Lipinski definition) is 2. The molecule has 42 valence electrons. The topological polar surface area (TPSA) is 41.5 Å². The minimum Gasteiger partial charge on any atom is -0.367 e. The molecule has 0 aromatic carbocycles. The summed E-state index contributed by atoms with van der Waals surface area (Å²) in [5.74, 6) is 0. The number of aliphatic hydroxyl groups excluding tert-OH is 1. The molecule has 1 saturated heterocycles. The van der Waals surface area contributed by atoms with Crippen LogP contribution in [0.25, 0.3) is 0 Å². The molecule has 1 fully saturated rings. The van der Waals surface area contributed by atoms with Crippen LogP contribution in [0.1, 0.15) is 0 Å². The fourth-order valence-corrected chi connectivity index (χ4v) is 0.552. The molecule has 1 heterocycles. The quantitative estimate of drug-likeness (QED) is 0.410. The molecule has 0 spiro atoms. The largest absolute Gasteiger partial charge is 0.367 e. The van der Waals surface area contributed by atoms with Gasteiger partial charge in [0.2, 0.25) is 0 Å². The van der Waals surface area contributed by atoms with E-state index >= 15 is 0 Å². The first-order valence-electron chi connectivity index (χ1n) is 2.40. The molecular formula is C4H9NO2. The van der Waals surface area contributed by atoms with Crippen LogP contribution in [0, 0.1) is 0 Å². The molecule has 0 aromatic rings. The molecule has 3 nitrogen and oxygen atoms in total. The summed E-state index contributed by atoms with van der Waals surface area (Å²) in [6, 6.07) is 0. The number of nitrogens with one attached hydrogen (secondary N) is 1. The molecule has 2 N–H and O–H groups in total. The first kappa shape index (κ1) is 5.03. The number of ether oxygens (including phenoxy) is 1. The summed E-state index contributed by atoms with van der Waals surface area (Å²) in [4.78, 5) is 0. The number of rotatable bonds is 0. The number of β-amino-alcohol motifs (C(OH)–C–C–N with tert-alkyl or cyclic N) is 1. The summed E-state index contributed by atoms with van der Waals surface area (Å²) < 4.78 is 4.77. The van der Waals surface area contributed by atoms with Gasteiger partial charge in [-0.05, 0) is 0 Å². The van der Waals surface area contributed by atoms with Crippen molar-refractivity contribution in [1.82, 2.24) is 5.32 Å². The monoisotopic (exact) mass is 103 g/mol. The maximum Gasteiger partial charge on any atom is 0.167 e. The van der Waals surface area contributed by atoms with E-state index in [-0.39, 0.29) is 0 Å². The third-order valence-corrected chi connectivity index (χ3v) is 0.908. The Labute approximate surface area is 42.3 Å². The van der Waals surface area contributed by atoms with Crippen LogP contribution in [0.5, 0.6) is 0 Å². The zero-order valence-electron chi connectivity index (χ0n) is 4.05. The molecular weight excluding hydrogens is 94.0 g/mol. The van der Waals surface area contributed by atoms with E-state index in [0.717, 1.165) is 6.54 Å².